The molecule has 94 valence electrons. The molecule has 0 bridgehead atoms. The molecule has 1 aromatic rings. The Bertz CT molecular complexity index is 420. The van der Waals surface area contributed by atoms with Crippen molar-refractivity contribution >= 4 is 5.84 Å². The van der Waals surface area contributed by atoms with Gasteiger partial charge in [-0.2, -0.15) is 13.2 Å². The minimum atomic E-state index is -4.46. The van der Waals surface area contributed by atoms with Crippen molar-refractivity contribution in [2.45, 2.75) is 19.2 Å². The van der Waals surface area contributed by atoms with Crippen LogP contribution in [0, 0.1) is 0 Å². The molecule has 1 atom stereocenters. The fraction of sp³-hybridized carbons (Fsp3) is 0.333. The zero-order valence-electron chi connectivity index (χ0n) is 8.77. The van der Waals surface area contributed by atoms with Crippen molar-refractivity contribution in [1.82, 2.24) is 4.98 Å². The van der Waals surface area contributed by atoms with Gasteiger partial charge in [-0.1, -0.05) is 5.16 Å². The van der Waals surface area contributed by atoms with E-state index in [9.17, 15) is 13.2 Å². The molecule has 0 spiro atoms. The Morgan fingerprint density at radius 1 is 1.59 bits per heavy atom. The van der Waals surface area contributed by atoms with Crippen LogP contribution in [-0.2, 0) is 0 Å². The van der Waals surface area contributed by atoms with Crippen LogP contribution in [0.1, 0.15) is 12.6 Å². The summed E-state index contributed by atoms with van der Waals surface area (Å²) in [5, 5.41) is 11.1. The number of nitrogens with zero attached hydrogens (tertiary/aromatic N) is 2. The maximum atomic E-state index is 12.2. The normalized spacial score (nSPS) is 14.5. The largest absolute Gasteiger partial charge is 0.481 e. The van der Waals surface area contributed by atoms with Gasteiger partial charge >= 0.3 is 6.18 Å². The van der Waals surface area contributed by atoms with E-state index in [1.807, 2.05) is 0 Å². The number of nitrogens with two attached hydrogens (primary N) is 1. The van der Waals surface area contributed by atoms with E-state index in [1.165, 1.54) is 12.3 Å². The molecular formula is C9H10F3N3O2. The predicted molar refractivity (Wildman–Crippen MR) is 52.9 cm³/mol. The van der Waals surface area contributed by atoms with Crippen LogP contribution in [0.15, 0.2) is 23.5 Å². The molecule has 0 saturated carbocycles. The van der Waals surface area contributed by atoms with E-state index in [4.69, 9.17) is 10.9 Å². The number of amidine groups is 1. The van der Waals surface area contributed by atoms with Gasteiger partial charge in [0.2, 0.25) is 0 Å². The fourth-order valence-corrected chi connectivity index (χ4v) is 0.947. The van der Waals surface area contributed by atoms with Crippen LogP contribution in [-0.4, -0.2) is 28.3 Å². The maximum Gasteiger partial charge on any atom is 0.425 e. The Balaban J connectivity index is 2.87. The zero-order valence-corrected chi connectivity index (χ0v) is 8.77. The van der Waals surface area contributed by atoms with Gasteiger partial charge in [-0.05, 0) is 13.0 Å². The summed E-state index contributed by atoms with van der Waals surface area (Å²) in [4.78, 5) is 3.70. The Hall–Kier alpha value is -1.99. The highest BCUT2D eigenvalue weighted by molar-refractivity contribution is 5.95. The number of ether oxygens (including phenoxy) is 1. The lowest BCUT2D eigenvalue weighted by atomic mass is 10.3. The van der Waals surface area contributed by atoms with Gasteiger partial charge in [0, 0.05) is 12.3 Å². The minimum Gasteiger partial charge on any atom is -0.481 e. The first-order valence-corrected chi connectivity index (χ1v) is 4.52. The van der Waals surface area contributed by atoms with Gasteiger partial charge in [-0.15, -0.1) is 0 Å². The molecule has 0 aliphatic carbocycles. The third-order valence-electron chi connectivity index (χ3n) is 1.88. The standard InChI is InChI=1S/C9H10F3N3O2/c1-5(9(10,11)12)17-6-2-3-14-7(4-6)8(13)15-16/h2-5,16H,1H3,(H2,13,15). The van der Waals surface area contributed by atoms with Crippen molar-refractivity contribution in [2.24, 2.45) is 10.9 Å². The van der Waals surface area contributed by atoms with Gasteiger partial charge in [-0.25, -0.2) is 0 Å². The fourth-order valence-electron chi connectivity index (χ4n) is 0.947. The molecule has 8 heteroatoms. The second kappa shape index (κ2) is 4.89. The molecule has 0 aromatic carbocycles. The van der Waals surface area contributed by atoms with Gasteiger partial charge < -0.3 is 15.7 Å². The van der Waals surface area contributed by atoms with Gasteiger partial charge in [0.25, 0.3) is 0 Å². The molecule has 1 unspecified atom stereocenters. The Morgan fingerprint density at radius 3 is 2.76 bits per heavy atom. The monoisotopic (exact) mass is 249 g/mol. The molecule has 0 radical (unpaired) electrons. The quantitative estimate of drug-likeness (QED) is 0.368. The van der Waals surface area contributed by atoms with Crippen LogP contribution in [0.4, 0.5) is 13.2 Å². The highest BCUT2D eigenvalue weighted by Crippen LogP contribution is 2.24. The average Bonchev–Trinajstić information content (AvgIpc) is 2.27. The van der Waals surface area contributed by atoms with Crippen LogP contribution in [0.2, 0.25) is 0 Å². The lowest BCUT2D eigenvalue weighted by molar-refractivity contribution is -0.189. The third-order valence-corrected chi connectivity index (χ3v) is 1.88. The first-order chi connectivity index (χ1) is 7.84. The molecule has 0 saturated heterocycles. The first kappa shape index (κ1) is 13.1. The van der Waals surface area contributed by atoms with Crippen LogP contribution >= 0.6 is 0 Å². The van der Waals surface area contributed by atoms with E-state index in [0.717, 1.165) is 13.0 Å². The highest BCUT2D eigenvalue weighted by atomic mass is 19.4. The molecule has 0 aliphatic rings. The molecule has 5 nitrogen and oxygen atoms in total. The Morgan fingerprint density at radius 2 is 2.24 bits per heavy atom. The van der Waals surface area contributed by atoms with Crippen molar-refractivity contribution in [3.05, 3.63) is 24.0 Å². The molecule has 0 amide bonds. The summed E-state index contributed by atoms with van der Waals surface area (Å²) in [7, 11) is 0. The van der Waals surface area contributed by atoms with Crippen molar-refractivity contribution in [1.29, 1.82) is 0 Å². The first-order valence-electron chi connectivity index (χ1n) is 4.52. The number of hydrogen-bond donors (Lipinski definition) is 2. The van der Waals surface area contributed by atoms with Crippen LogP contribution in [0.3, 0.4) is 0 Å². The Labute approximate surface area is 94.7 Å². The summed E-state index contributed by atoms with van der Waals surface area (Å²) in [6.07, 6.45) is -5.21. The van der Waals surface area contributed by atoms with Crippen molar-refractivity contribution in [2.75, 3.05) is 0 Å². The molecule has 1 heterocycles. The topological polar surface area (TPSA) is 80.7 Å². The molecule has 1 rings (SSSR count). The second-order valence-electron chi connectivity index (χ2n) is 3.16. The highest BCUT2D eigenvalue weighted by Gasteiger charge is 2.38. The number of hydrogen-bond acceptors (Lipinski definition) is 4. The van der Waals surface area contributed by atoms with Gasteiger partial charge in [0.15, 0.2) is 11.9 Å². The van der Waals surface area contributed by atoms with Crippen LogP contribution in [0.25, 0.3) is 0 Å². The molecule has 0 aliphatic heterocycles. The summed E-state index contributed by atoms with van der Waals surface area (Å²) in [5.74, 6) is -0.374. The molecular weight excluding hydrogens is 239 g/mol. The number of alkyl halides is 3. The number of halogens is 3. The number of rotatable bonds is 3. The summed E-state index contributed by atoms with van der Waals surface area (Å²) in [6, 6.07) is 2.40. The number of pyridine rings is 1. The van der Waals surface area contributed by atoms with Crippen LogP contribution in [0.5, 0.6) is 5.75 Å². The lowest BCUT2D eigenvalue weighted by Gasteiger charge is -2.17. The van der Waals surface area contributed by atoms with E-state index in [1.54, 1.807) is 0 Å². The minimum absolute atomic E-state index is 0.0272. The van der Waals surface area contributed by atoms with Gasteiger partial charge in [0.1, 0.15) is 11.4 Å². The third kappa shape index (κ3) is 3.51. The maximum absolute atomic E-state index is 12.2. The molecule has 0 fully saturated rings. The van der Waals surface area contributed by atoms with Gasteiger partial charge in [-0.3, -0.25) is 4.98 Å². The summed E-state index contributed by atoms with van der Waals surface area (Å²) in [6.45, 7) is 0.879. The van der Waals surface area contributed by atoms with Crippen molar-refractivity contribution < 1.29 is 23.1 Å². The zero-order chi connectivity index (χ0) is 13.1. The molecule has 17 heavy (non-hydrogen) atoms. The summed E-state index contributed by atoms with van der Waals surface area (Å²) >= 11 is 0. The van der Waals surface area contributed by atoms with E-state index in [2.05, 4.69) is 14.9 Å². The van der Waals surface area contributed by atoms with E-state index >= 15 is 0 Å². The average molecular weight is 249 g/mol. The molecule has 3 N–H and O–H groups in total. The second-order valence-corrected chi connectivity index (χ2v) is 3.16. The number of aromatic nitrogens is 1. The van der Waals surface area contributed by atoms with Crippen molar-refractivity contribution in [3.8, 4) is 5.75 Å². The smallest absolute Gasteiger partial charge is 0.425 e. The van der Waals surface area contributed by atoms with E-state index in [-0.39, 0.29) is 17.3 Å². The predicted octanol–water partition coefficient (Wildman–Crippen LogP) is 1.51. The number of oxime groups is 1. The van der Waals surface area contributed by atoms with E-state index in [0.29, 0.717) is 0 Å². The molecule has 1 aromatic heterocycles. The SMILES string of the molecule is CC(Oc1ccnc(/C(N)=N/O)c1)C(F)(F)F. The lowest BCUT2D eigenvalue weighted by Crippen LogP contribution is -2.31. The summed E-state index contributed by atoms with van der Waals surface area (Å²) in [5.41, 5.74) is 5.27. The Kier molecular flexibility index (Phi) is 3.77. The van der Waals surface area contributed by atoms with Crippen molar-refractivity contribution in [3.63, 3.8) is 0 Å². The van der Waals surface area contributed by atoms with Gasteiger partial charge in [0.05, 0.1) is 0 Å². The van der Waals surface area contributed by atoms with Crippen LogP contribution < -0.4 is 10.5 Å². The van der Waals surface area contributed by atoms with E-state index < -0.39 is 12.3 Å². The summed E-state index contributed by atoms with van der Waals surface area (Å²) < 4.78 is 41.4.